The van der Waals surface area contributed by atoms with Crippen molar-refractivity contribution in [3.63, 3.8) is 0 Å². The number of fused-ring (bicyclic) bond motifs is 7. The molecule has 0 amide bonds. The summed E-state index contributed by atoms with van der Waals surface area (Å²) >= 11 is 0. The summed E-state index contributed by atoms with van der Waals surface area (Å²) in [7, 11) is 0. The largest absolute Gasteiger partial charge is 0.481 e. The number of aliphatic carboxylic acids is 4. The number of hydrogen-bond donors (Lipinski definition) is 10. The smallest absolute Gasteiger partial charge is 0.335 e. The molecule has 19 nitrogen and oxygen atoms in total. The molecule has 4 saturated carbocycles. The van der Waals surface area contributed by atoms with Gasteiger partial charge in [0.1, 0.15) is 42.7 Å². The molecule has 2 heterocycles. The molecule has 2 aliphatic heterocycles. The van der Waals surface area contributed by atoms with Crippen LogP contribution in [0.15, 0.2) is 11.6 Å². The first-order chi connectivity index (χ1) is 30.5. The second-order valence-electron chi connectivity index (χ2n) is 22.8. The number of carboxylic acid groups (broad SMARTS) is 4. The zero-order valence-corrected chi connectivity index (χ0v) is 38.9. The fourth-order valence-corrected chi connectivity index (χ4v) is 14.4. The summed E-state index contributed by atoms with van der Waals surface area (Å²) in [6, 6.07) is -0.991. The molecular weight excluding hydrogens is 867 g/mol. The minimum Gasteiger partial charge on any atom is -0.481 e. The van der Waals surface area contributed by atoms with E-state index in [1.54, 1.807) is 0 Å². The second kappa shape index (κ2) is 17.7. The van der Waals surface area contributed by atoms with Crippen molar-refractivity contribution in [1.29, 1.82) is 0 Å². The van der Waals surface area contributed by atoms with Crippen molar-refractivity contribution in [2.45, 2.75) is 193 Å². The lowest BCUT2D eigenvalue weighted by Gasteiger charge is -2.70. The Hall–Kier alpha value is -3.11. The van der Waals surface area contributed by atoms with Gasteiger partial charge in [-0.05, 0) is 115 Å². The standard InChI is InChI=1S/C47H71NO18/c1-42(2)25-10-13-47(7)36(24(49)18-21-22-19-43(3,14-15-44(22,4)16-17-46(21,47)6)20-48-23(37(57)58)8-9-27(50)51)45(25,5)12-11-26(42)63-41-35(31(55)30(54)34(65-41)39(61)62)66-40-32(56)28(52)29(53)33(64-40)38(59)60/h18,22-23,25-26,28-36,40-41,48,52-56H,8-17,19-20H2,1-7H3,(H,50,51)(H,57,58)(H,59,60)(H,61,62)/t22-,23-,25?,26-,28-,29-,30-,31-,32+,33-,34-,35+,36?,40-,41+,43-,44+,45-,46+,47+/m0/s1. The molecule has 6 fully saturated rings. The van der Waals surface area contributed by atoms with E-state index in [0.29, 0.717) is 32.2 Å². The van der Waals surface area contributed by atoms with Crippen molar-refractivity contribution in [3.8, 4) is 0 Å². The number of rotatable bonds is 13. The lowest BCUT2D eigenvalue weighted by molar-refractivity contribution is -0.371. The van der Waals surface area contributed by atoms with Gasteiger partial charge < -0.3 is 70.2 Å². The molecule has 10 N–H and O–H groups in total. The maximum atomic E-state index is 15.1. The number of carboxylic acids is 4. The van der Waals surface area contributed by atoms with Crippen LogP contribution in [-0.2, 0) is 42.9 Å². The van der Waals surface area contributed by atoms with Crippen LogP contribution in [-0.4, -0.2) is 156 Å². The molecule has 372 valence electrons. The number of ether oxygens (including phenoxy) is 4. The minimum absolute atomic E-state index is 0.0276. The van der Waals surface area contributed by atoms with E-state index in [2.05, 4.69) is 39.9 Å². The van der Waals surface area contributed by atoms with Crippen LogP contribution in [0.2, 0.25) is 0 Å². The van der Waals surface area contributed by atoms with Gasteiger partial charge in [0.15, 0.2) is 30.6 Å². The van der Waals surface area contributed by atoms with Gasteiger partial charge in [0.05, 0.1) is 6.10 Å². The number of hydrogen-bond acceptors (Lipinski definition) is 15. The summed E-state index contributed by atoms with van der Waals surface area (Å²) < 4.78 is 23.5. The van der Waals surface area contributed by atoms with Gasteiger partial charge in [-0.1, -0.05) is 54.0 Å². The van der Waals surface area contributed by atoms with Crippen LogP contribution in [0.25, 0.3) is 0 Å². The van der Waals surface area contributed by atoms with Crippen LogP contribution in [0.5, 0.6) is 0 Å². The van der Waals surface area contributed by atoms with Crippen molar-refractivity contribution >= 4 is 29.7 Å². The van der Waals surface area contributed by atoms with E-state index in [1.165, 1.54) is 5.57 Å². The summed E-state index contributed by atoms with van der Waals surface area (Å²) in [6.07, 6.45) is -12.1. The Morgan fingerprint density at radius 1 is 0.742 bits per heavy atom. The van der Waals surface area contributed by atoms with Gasteiger partial charge in [-0.15, -0.1) is 0 Å². The van der Waals surface area contributed by atoms with Gasteiger partial charge in [-0.3, -0.25) is 14.4 Å². The Bertz CT molecular complexity index is 1960. The van der Waals surface area contributed by atoms with Crippen LogP contribution in [0.3, 0.4) is 0 Å². The van der Waals surface area contributed by atoms with E-state index in [4.69, 9.17) is 18.9 Å². The second-order valence-corrected chi connectivity index (χ2v) is 22.8. The van der Waals surface area contributed by atoms with Crippen molar-refractivity contribution in [2.75, 3.05) is 6.54 Å². The molecule has 20 atom stereocenters. The Kier molecular flexibility index (Phi) is 13.6. The average molecular weight is 938 g/mol. The van der Waals surface area contributed by atoms with Gasteiger partial charge in [-0.25, -0.2) is 9.59 Å². The summed E-state index contributed by atoms with van der Waals surface area (Å²) in [4.78, 5) is 62.5. The molecule has 19 heteroatoms. The highest BCUT2D eigenvalue weighted by molar-refractivity contribution is 5.95. The first-order valence-electron chi connectivity index (χ1n) is 23.5. The number of carbonyl (C=O) groups is 5. The van der Waals surface area contributed by atoms with Crippen LogP contribution < -0.4 is 5.32 Å². The summed E-state index contributed by atoms with van der Waals surface area (Å²) in [5.74, 6) is -5.76. The fraction of sp³-hybridized carbons (Fsp3) is 0.851. The van der Waals surface area contributed by atoms with E-state index in [9.17, 15) is 65.1 Å². The molecule has 66 heavy (non-hydrogen) atoms. The van der Waals surface area contributed by atoms with Gasteiger partial charge >= 0.3 is 23.9 Å². The van der Waals surface area contributed by atoms with Gasteiger partial charge in [0.25, 0.3) is 0 Å². The molecule has 7 aliphatic rings. The number of nitrogens with one attached hydrogen (secondary N) is 1. The van der Waals surface area contributed by atoms with E-state index in [0.717, 1.165) is 32.1 Å². The molecule has 2 unspecified atom stereocenters. The monoisotopic (exact) mass is 937 g/mol. The van der Waals surface area contributed by atoms with Crippen LogP contribution in [0, 0.1) is 50.2 Å². The molecule has 0 radical (unpaired) electrons. The van der Waals surface area contributed by atoms with E-state index in [-0.39, 0.29) is 52.6 Å². The molecule has 0 bridgehead atoms. The highest BCUT2D eigenvalue weighted by atomic mass is 16.8. The van der Waals surface area contributed by atoms with Crippen LogP contribution in [0.1, 0.15) is 119 Å². The Balaban J connectivity index is 1.14. The Morgan fingerprint density at radius 2 is 1.35 bits per heavy atom. The third-order valence-corrected chi connectivity index (χ3v) is 18.5. The molecule has 7 rings (SSSR count). The molecular formula is C47H71NO18. The maximum Gasteiger partial charge on any atom is 0.335 e. The topological polar surface area (TPSA) is 316 Å². The molecule has 5 aliphatic carbocycles. The van der Waals surface area contributed by atoms with Crippen molar-refractivity contribution < 1.29 is 88.9 Å². The fourth-order valence-electron chi connectivity index (χ4n) is 14.4. The van der Waals surface area contributed by atoms with Crippen LogP contribution in [0.4, 0.5) is 0 Å². The molecule has 0 aromatic carbocycles. The summed E-state index contributed by atoms with van der Waals surface area (Å²) in [5.41, 5.74) is -1.21. The van der Waals surface area contributed by atoms with Crippen molar-refractivity contribution in [1.82, 2.24) is 5.32 Å². The molecule has 0 spiro atoms. The summed E-state index contributed by atoms with van der Waals surface area (Å²) in [6.45, 7) is 15.7. The number of carbonyl (C=O) groups excluding carboxylic acids is 1. The number of ketones is 1. The van der Waals surface area contributed by atoms with E-state index < -0.39 is 114 Å². The highest BCUT2D eigenvalue weighted by Gasteiger charge is 2.70. The number of aliphatic hydroxyl groups is 5. The lowest BCUT2D eigenvalue weighted by atomic mass is 9.33. The van der Waals surface area contributed by atoms with E-state index in [1.807, 2.05) is 19.9 Å². The predicted octanol–water partition coefficient (Wildman–Crippen LogP) is 2.07. The van der Waals surface area contributed by atoms with E-state index >= 15 is 4.79 Å². The zero-order chi connectivity index (χ0) is 48.9. The Labute approximate surface area is 384 Å². The predicted molar refractivity (Wildman–Crippen MR) is 228 cm³/mol. The average Bonchev–Trinajstić information content (AvgIpc) is 3.22. The Morgan fingerprint density at radius 3 is 1.95 bits per heavy atom. The molecule has 0 aromatic rings. The first kappa shape index (κ1) is 50.8. The van der Waals surface area contributed by atoms with Gasteiger partial charge in [0.2, 0.25) is 0 Å². The SMILES string of the molecule is CC1(C)C2CC[C@]3(C)C(C(=O)C=C4[C@@H]5C[C@@](C)(CN[C@@H](CCC(=O)O)C(=O)O)CC[C@]5(C)CC[C@]43C)[C@@]2(C)CC[C@@H]1O[C@@H]1O[C@H](C(=O)O)[C@@H](O)[C@H](O)[C@H]1O[C@@H]1O[C@H](C(=O)O)[C@@H](O)[C@H](O)[C@H]1O. The highest BCUT2D eigenvalue weighted by Crippen LogP contribution is 2.75. The van der Waals surface area contributed by atoms with Gasteiger partial charge in [-0.2, -0.15) is 0 Å². The third kappa shape index (κ3) is 8.33. The zero-order valence-electron chi connectivity index (χ0n) is 38.9. The number of aliphatic hydroxyl groups excluding tert-OH is 5. The number of allylic oxidation sites excluding steroid dienone is 2. The lowest BCUT2D eigenvalue weighted by Crippen LogP contribution is -2.68. The molecule has 2 saturated heterocycles. The van der Waals surface area contributed by atoms with Crippen LogP contribution >= 0.6 is 0 Å². The van der Waals surface area contributed by atoms with Crippen molar-refractivity contribution in [2.24, 2.45) is 50.2 Å². The molecule has 0 aromatic heterocycles. The first-order valence-corrected chi connectivity index (χ1v) is 23.5. The summed E-state index contributed by atoms with van der Waals surface area (Å²) in [5, 5.41) is 95.4. The van der Waals surface area contributed by atoms with Crippen molar-refractivity contribution in [3.05, 3.63) is 11.6 Å². The minimum atomic E-state index is -2.06. The van der Waals surface area contributed by atoms with Gasteiger partial charge in [0, 0.05) is 18.9 Å². The maximum absolute atomic E-state index is 15.1. The third-order valence-electron chi connectivity index (χ3n) is 18.5. The normalized spacial score (nSPS) is 48.1. The quantitative estimate of drug-likeness (QED) is 0.118.